The largest absolute Gasteiger partial charge is 0.368 e. The molecule has 1 heterocycles. The number of amides is 1. The molecule has 0 atom stereocenters. The van der Waals surface area contributed by atoms with E-state index in [0.717, 1.165) is 9.99 Å². The number of nitrogens with one attached hydrogen (secondary N) is 1. The summed E-state index contributed by atoms with van der Waals surface area (Å²) >= 11 is 5.99. The van der Waals surface area contributed by atoms with Gasteiger partial charge in [-0.1, -0.05) is 17.7 Å². The molecule has 0 aliphatic carbocycles. The fraction of sp³-hybridized carbons (Fsp3) is 0.500. The Morgan fingerprint density at radius 2 is 1.91 bits per heavy atom. The minimum absolute atomic E-state index is 0.221. The lowest BCUT2D eigenvalue weighted by atomic mass is 10.2. The summed E-state index contributed by atoms with van der Waals surface area (Å²) in [5, 5.41) is 0.680. The highest BCUT2D eigenvalue weighted by molar-refractivity contribution is 7.87. The lowest BCUT2D eigenvalue weighted by Gasteiger charge is -2.36. The predicted octanol–water partition coefficient (Wildman–Crippen LogP) is 0.385. The Labute approximate surface area is 142 Å². The highest BCUT2D eigenvalue weighted by Crippen LogP contribution is 2.20. The number of benzene rings is 1. The highest BCUT2D eigenvalue weighted by atomic mass is 35.5. The molecular weight excluding hydrogens is 340 g/mol. The third-order valence-corrected chi connectivity index (χ3v) is 5.40. The number of rotatable bonds is 5. The first-order valence-electron chi connectivity index (χ1n) is 7.25. The highest BCUT2D eigenvalue weighted by Gasteiger charge is 2.23. The van der Waals surface area contributed by atoms with Gasteiger partial charge >= 0.3 is 0 Å². The molecule has 0 saturated carbocycles. The van der Waals surface area contributed by atoms with Crippen LogP contribution in [0.5, 0.6) is 0 Å². The summed E-state index contributed by atoms with van der Waals surface area (Å²) in [4.78, 5) is 15.9. The maximum Gasteiger partial charge on any atom is 0.279 e. The van der Waals surface area contributed by atoms with Gasteiger partial charge in [-0.15, -0.1) is 0 Å². The van der Waals surface area contributed by atoms with Crippen molar-refractivity contribution in [3.63, 3.8) is 0 Å². The van der Waals surface area contributed by atoms with Crippen molar-refractivity contribution >= 4 is 33.4 Å². The second kappa shape index (κ2) is 7.48. The van der Waals surface area contributed by atoms with Gasteiger partial charge in [0.05, 0.1) is 6.54 Å². The third kappa shape index (κ3) is 4.81. The molecule has 2 rings (SSSR count). The second-order valence-corrected chi connectivity index (χ2v) is 7.86. The van der Waals surface area contributed by atoms with E-state index in [1.165, 1.54) is 14.1 Å². The van der Waals surface area contributed by atoms with Crippen LogP contribution in [-0.2, 0) is 15.0 Å². The molecule has 0 unspecified atom stereocenters. The quantitative estimate of drug-likeness (QED) is 0.824. The standard InChI is InChI=1S/C14H21ClN4O3S/c1-17(2)23(21,22)16-11-14(20)19-8-6-18(7-9-19)13-5-3-4-12(15)10-13/h3-5,10,16H,6-9,11H2,1-2H3. The molecular formula is C14H21ClN4O3S. The van der Waals surface area contributed by atoms with Crippen LogP contribution >= 0.6 is 11.6 Å². The topological polar surface area (TPSA) is 73.0 Å². The van der Waals surface area contributed by atoms with Gasteiger partial charge in [0.25, 0.3) is 10.2 Å². The van der Waals surface area contributed by atoms with E-state index < -0.39 is 10.2 Å². The van der Waals surface area contributed by atoms with Gasteiger partial charge in [0, 0.05) is 51.0 Å². The summed E-state index contributed by atoms with van der Waals surface area (Å²) in [5.41, 5.74) is 1.03. The Balaban J connectivity index is 1.85. The Hall–Kier alpha value is -1.35. The van der Waals surface area contributed by atoms with Crippen molar-refractivity contribution in [1.29, 1.82) is 0 Å². The molecule has 1 saturated heterocycles. The normalized spacial score (nSPS) is 16.0. The first kappa shape index (κ1) is 18.0. The number of piperazine rings is 1. The summed E-state index contributed by atoms with van der Waals surface area (Å²) in [6.45, 7) is 2.25. The number of nitrogens with zero attached hydrogens (tertiary/aromatic N) is 3. The summed E-state index contributed by atoms with van der Waals surface area (Å²) in [7, 11) is -0.753. The Bertz CT molecular complexity index is 658. The SMILES string of the molecule is CN(C)S(=O)(=O)NCC(=O)N1CCN(c2cccc(Cl)c2)CC1. The van der Waals surface area contributed by atoms with Crippen molar-refractivity contribution in [1.82, 2.24) is 13.9 Å². The first-order valence-corrected chi connectivity index (χ1v) is 9.07. The zero-order valence-electron chi connectivity index (χ0n) is 13.2. The number of anilines is 1. The van der Waals surface area contributed by atoms with E-state index in [0.29, 0.717) is 31.2 Å². The lowest BCUT2D eigenvalue weighted by Crippen LogP contribution is -2.52. The molecule has 0 aromatic heterocycles. The van der Waals surface area contributed by atoms with Crippen LogP contribution in [0.3, 0.4) is 0 Å². The van der Waals surface area contributed by atoms with Crippen molar-refractivity contribution in [3.05, 3.63) is 29.3 Å². The number of carbonyl (C=O) groups excluding carboxylic acids is 1. The van der Waals surface area contributed by atoms with Crippen LogP contribution in [0.25, 0.3) is 0 Å². The Morgan fingerprint density at radius 3 is 2.48 bits per heavy atom. The number of hydrogen-bond acceptors (Lipinski definition) is 4. The number of halogens is 1. The van der Waals surface area contributed by atoms with Crippen molar-refractivity contribution in [2.45, 2.75) is 0 Å². The lowest BCUT2D eigenvalue weighted by molar-refractivity contribution is -0.130. The average molecular weight is 361 g/mol. The van der Waals surface area contributed by atoms with Crippen molar-refractivity contribution in [2.75, 3.05) is 51.7 Å². The van der Waals surface area contributed by atoms with Gasteiger partial charge in [-0.25, -0.2) is 0 Å². The zero-order chi connectivity index (χ0) is 17.0. The maximum absolute atomic E-state index is 12.1. The van der Waals surface area contributed by atoms with Gasteiger partial charge in [0.1, 0.15) is 0 Å². The van der Waals surface area contributed by atoms with Crippen LogP contribution in [0.1, 0.15) is 0 Å². The summed E-state index contributed by atoms with van der Waals surface area (Å²) in [5.74, 6) is -0.221. The van der Waals surface area contributed by atoms with E-state index in [9.17, 15) is 13.2 Å². The number of hydrogen-bond donors (Lipinski definition) is 1. The van der Waals surface area contributed by atoms with Crippen LogP contribution in [-0.4, -0.2) is 70.3 Å². The van der Waals surface area contributed by atoms with Crippen molar-refractivity contribution < 1.29 is 13.2 Å². The van der Waals surface area contributed by atoms with Gasteiger partial charge in [-0.3, -0.25) is 4.79 Å². The van der Waals surface area contributed by atoms with Gasteiger partial charge < -0.3 is 9.80 Å². The van der Waals surface area contributed by atoms with Crippen LogP contribution in [0, 0.1) is 0 Å². The molecule has 23 heavy (non-hydrogen) atoms. The third-order valence-electron chi connectivity index (χ3n) is 3.69. The molecule has 1 N–H and O–H groups in total. The Morgan fingerprint density at radius 1 is 1.26 bits per heavy atom. The molecule has 9 heteroatoms. The summed E-state index contributed by atoms with van der Waals surface area (Å²) in [6, 6.07) is 7.59. The van der Waals surface area contributed by atoms with E-state index in [2.05, 4.69) is 9.62 Å². The van der Waals surface area contributed by atoms with Crippen molar-refractivity contribution in [2.24, 2.45) is 0 Å². The monoisotopic (exact) mass is 360 g/mol. The van der Waals surface area contributed by atoms with Crippen LogP contribution in [0.4, 0.5) is 5.69 Å². The van der Waals surface area contributed by atoms with Crippen LogP contribution in [0.15, 0.2) is 24.3 Å². The first-order chi connectivity index (χ1) is 10.8. The zero-order valence-corrected chi connectivity index (χ0v) is 14.8. The molecule has 1 aliphatic rings. The predicted molar refractivity (Wildman–Crippen MR) is 90.9 cm³/mol. The molecule has 1 fully saturated rings. The van der Waals surface area contributed by atoms with Gasteiger partial charge in [-0.05, 0) is 18.2 Å². The van der Waals surface area contributed by atoms with Crippen LogP contribution < -0.4 is 9.62 Å². The smallest absolute Gasteiger partial charge is 0.279 e. The van der Waals surface area contributed by atoms with Crippen LogP contribution in [0.2, 0.25) is 5.02 Å². The molecule has 1 aromatic carbocycles. The van der Waals surface area contributed by atoms with Crippen molar-refractivity contribution in [3.8, 4) is 0 Å². The average Bonchev–Trinajstić information content (AvgIpc) is 2.52. The van der Waals surface area contributed by atoms with E-state index in [1.54, 1.807) is 4.90 Å². The van der Waals surface area contributed by atoms with E-state index in [4.69, 9.17) is 11.6 Å². The summed E-state index contributed by atoms with van der Waals surface area (Å²) < 4.78 is 26.5. The molecule has 1 aromatic rings. The molecule has 1 amide bonds. The molecule has 0 bridgehead atoms. The molecule has 0 radical (unpaired) electrons. The van der Waals surface area contributed by atoms with E-state index in [-0.39, 0.29) is 12.5 Å². The van der Waals surface area contributed by atoms with Gasteiger partial charge in [0.2, 0.25) is 5.91 Å². The summed E-state index contributed by atoms with van der Waals surface area (Å²) in [6.07, 6.45) is 0. The van der Waals surface area contributed by atoms with Gasteiger partial charge in [-0.2, -0.15) is 17.4 Å². The second-order valence-electron chi connectivity index (χ2n) is 5.46. The molecule has 7 nitrogen and oxygen atoms in total. The van der Waals surface area contributed by atoms with E-state index in [1.807, 2.05) is 24.3 Å². The minimum atomic E-state index is -3.58. The number of carbonyl (C=O) groups is 1. The van der Waals surface area contributed by atoms with Gasteiger partial charge in [0.15, 0.2) is 0 Å². The molecule has 1 aliphatic heterocycles. The van der Waals surface area contributed by atoms with E-state index >= 15 is 0 Å². The Kier molecular flexibility index (Phi) is 5.85. The fourth-order valence-electron chi connectivity index (χ4n) is 2.28. The minimum Gasteiger partial charge on any atom is -0.368 e. The molecule has 0 spiro atoms. The maximum atomic E-state index is 12.1. The molecule has 128 valence electrons. The fourth-order valence-corrected chi connectivity index (χ4v) is 3.03.